The van der Waals surface area contributed by atoms with Gasteiger partial charge in [0.1, 0.15) is 0 Å². The molecular weight excluding hydrogens is 128 g/mol. The van der Waals surface area contributed by atoms with E-state index in [4.69, 9.17) is 0 Å². The van der Waals surface area contributed by atoms with Crippen molar-refractivity contribution in [1.29, 1.82) is 0 Å². The van der Waals surface area contributed by atoms with Crippen LogP contribution in [0.25, 0.3) is 0 Å². The van der Waals surface area contributed by atoms with Gasteiger partial charge in [0.2, 0.25) is 0 Å². The van der Waals surface area contributed by atoms with Crippen molar-refractivity contribution in [3.05, 3.63) is 34.2 Å². The first-order valence-electron chi connectivity index (χ1n) is 3.33. The van der Waals surface area contributed by atoms with E-state index in [0.717, 1.165) is 18.7 Å². The Morgan fingerprint density at radius 3 is 3.20 bits per heavy atom. The number of nitrogens with one attached hydrogen (secondary N) is 1. The van der Waals surface area contributed by atoms with E-state index in [1.54, 1.807) is 16.8 Å². The summed E-state index contributed by atoms with van der Waals surface area (Å²) in [6.45, 7) is 0.874. The lowest BCUT2D eigenvalue weighted by Gasteiger charge is -1.99. The molecule has 2 rings (SSSR count). The molecule has 0 aliphatic carbocycles. The van der Waals surface area contributed by atoms with Crippen LogP contribution < -0.4 is 11.0 Å². The minimum absolute atomic E-state index is 0.0370. The Morgan fingerprint density at radius 2 is 2.40 bits per heavy atom. The van der Waals surface area contributed by atoms with Crippen molar-refractivity contribution in [2.75, 3.05) is 12.0 Å². The van der Waals surface area contributed by atoms with Crippen molar-refractivity contribution in [1.82, 2.24) is 4.68 Å². The van der Waals surface area contributed by atoms with Gasteiger partial charge in [-0.15, -0.1) is 0 Å². The summed E-state index contributed by atoms with van der Waals surface area (Å²) in [5.41, 5.74) is 4.09. The molecule has 0 amide bonds. The zero-order chi connectivity index (χ0) is 6.97. The molecule has 0 unspecified atom stereocenters. The molecule has 1 aliphatic heterocycles. The Labute approximate surface area is 58.3 Å². The molecule has 3 nitrogen and oxygen atoms in total. The lowest BCUT2D eigenvalue weighted by Crippen LogP contribution is -2.24. The van der Waals surface area contributed by atoms with Gasteiger partial charge in [-0.1, -0.05) is 6.07 Å². The van der Waals surface area contributed by atoms with Crippen LogP contribution in [0, 0.1) is 0 Å². The smallest absolute Gasteiger partial charge is 0.269 e. The summed E-state index contributed by atoms with van der Waals surface area (Å²) in [4.78, 5) is 11.0. The standard InChI is InChI=1S/C7H8N2O/c10-7-3-1-2-6-4-5-8-9(6)7/h1-3,8H,4-5H2. The molecule has 0 saturated carbocycles. The van der Waals surface area contributed by atoms with E-state index < -0.39 is 0 Å². The molecule has 2 heterocycles. The zero-order valence-corrected chi connectivity index (χ0v) is 5.50. The summed E-state index contributed by atoms with van der Waals surface area (Å²) in [6.07, 6.45) is 0.954. The van der Waals surface area contributed by atoms with Crippen LogP contribution >= 0.6 is 0 Å². The molecule has 0 aromatic carbocycles. The van der Waals surface area contributed by atoms with Gasteiger partial charge in [0.05, 0.1) is 0 Å². The number of rotatable bonds is 0. The highest BCUT2D eigenvalue weighted by Gasteiger charge is 2.07. The first kappa shape index (κ1) is 5.53. The minimum Gasteiger partial charge on any atom is -0.323 e. The fraction of sp³-hybridized carbons (Fsp3) is 0.286. The van der Waals surface area contributed by atoms with E-state index in [0.29, 0.717) is 0 Å². The van der Waals surface area contributed by atoms with Crippen molar-refractivity contribution >= 4 is 0 Å². The van der Waals surface area contributed by atoms with Gasteiger partial charge in [0.15, 0.2) is 0 Å². The van der Waals surface area contributed by atoms with Gasteiger partial charge < -0.3 is 5.43 Å². The summed E-state index contributed by atoms with van der Waals surface area (Å²) in [6, 6.07) is 5.31. The van der Waals surface area contributed by atoms with Gasteiger partial charge in [-0.05, 0) is 6.07 Å². The number of pyridine rings is 1. The maximum Gasteiger partial charge on any atom is 0.269 e. The first-order chi connectivity index (χ1) is 4.88. The molecule has 1 aromatic heterocycles. The Hall–Kier alpha value is -1.25. The third-order valence-corrected chi connectivity index (χ3v) is 1.69. The van der Waals surface area contributed by atoms with E-state index in [2.05, 4.69) is 5.43 Å². The number of nitrogens with zero attached hydrogens (tertiary/aromatic N) is 1. The molecule has 0 atom stereocenters. The summed E-state index contributed by atoms with van der Waals surface area (Å²) < 4.78 is 1.60. The second-order valence-electron chi connectivity index (χ2n) is 2.35. The van der Waals surface area contributed by atoms with Crippen LogP contribution in [0.5, 0.6) is 0 Å². The Bertz CT molecular complexity index is 303. The number of aromatic nitrogens is 1. The molecule has 0 radical (unpaired) electrons. The van der Waals surface area contributed by atoms with Crippen LogP contribution in [0.3, 0.4) is 0 Å². The first-order valence-corrected chi connectivity index (χ1v) is 3.33. The highest BCUT2D eigenvalue weighted by Crippen LogP contribution is 2.00. The molecule has 0 bridgehead atoms. The van der Waals surface area contributed by atoms with Gasteiger partial charge in [-0.3, -0.25) is 4.79 Å². The molecular formula is C7H8N2O. The normalized spacial score (nSPS) is 14.4. The van der Waals surface area contributed by atoms with E-state index in [9.17, 15) is 4.79 Å². The fourth-order valence-corrected chi connectivity index (χ4v) is 1.20. The monoisotopic (exact) mass is 136 g/mol. The number of hydrogen-bond acceptors (Lipinski definition) is 2. The maximum atomic E-state index is 11.0. The van der Waals surface area contributed by atoms with Crippen LogP contribution in [0.15, 0.2) is 23.0 Å². The van der Waals surface area contributed by atoms with Crippen molar-refractivity contribution < 1.29 is 0 Å². The summed E-state index contributed by atoms with van der Waals surface area (Å²) in [7, 11) is 0. The molecule has 52 valence electrons. The van der Waals surface area contributed by atoms with Gasteiger partial charge >= 0.3 is 0 Å². The van der Waals surface area contributed by atoms with E-state index in [-0.39, 0.29) is 5.56 Å². The highest BCUT2D eigenvalue weighted by molar-refractivity contribution is 5.13. The summed E-state index contributed by atoms with van der Waals surface area (Å²) >= 11 is 0. The zero-order valence-electron chi connectivity index (χ0n) is 5.50. The predicted octanol–water partition coefficient (Wildman–Crippen LogP) is -0.0521. The lowest BCUT2D eigenvalue weighted by molar-refractivity contribution is 0.883. The SMILES string of the molecule is O=c1cccc2n1NCC2. The molecule has 1 aliphatic rings. The van der Waals surface area contributed by atoms with Crippen molar-refractivity contribution in [2.45, 2.75) is 6.42 Å². The molecule has 0 spiro atoms. The van der Waals surface area contributed by atoms with Gasteiger partial charge in [-0.25, -0.2) is 4.68 Å². The minimum atomic E-state index is 0.0370. The molecule has 1 aromatic rings. The number of fused-ring (bicyclic) bond motifs is 1. The van der Waals surface area contributed by atoms with E-state index in [1.165, 1.54) is 0 Å². The van der Waals surface area contributed by atoms with Crippen LogP contribution in [0.2, 0.25) is 0 Å². The van der Waals surface area contributed by atoms with Crippen molar-refractivity contribution in [3.8, 4) is 0 Å². The lowest BCUT2D eigenvalue weighted by atomic mass is 10.3. The van der Waals surface area contributed by atoms with Crippen LogP contribution in [0.4, 0.5) is 0 Å². The van der Waals surface area contributed by atoms with Gasteiger partial charge in [-0.2, -0.15) is 0 Å². The summed E-state index contributed by atoms with van der Waals surface area (Å²) in [5.74, 6) is 0. The van der Waals surface area contributed by atoms with Crippen molar-refractivity contribution in [3.63, 3.8) is 0 Å². The Balaban J connectivity index is 2.70. The fourth-order valence-electron chi connectivity index (χ4n) is 1.20. The highest BCUT2D eigenvalue weighted by atomic mass is 16.1. The third kappa shape index (κ3) is 0.635. The molecule has 3 heteroatoms. The average Bonchev–Trinajstić information content (AvgIpc) is 2.36. The summed E-state index contributed by atoms with van der Waals surface area (Å²) in [5, 5.41) is 0. The average molecular weight is 136 g/mol. The maximum absolute atomic E-state index is 11.0. The van der Waals surface area contributed by atoms with E-state index in [1.807, 2.05) is 6.07 Å². The topological polar surface area (TPSA) is 34.0 Å². The second kappa shape index (κ2) is 1.87. The largest absolute Gasteiger partial charge is 0.323 e. The second-order valence-corrected chi connectivity index (χ2v) is 2.35. The molecule has 10 heavy (non-hydrogen) atoms. The Morgan fingerprint density at radius 1 is 1.50 bits per heavy atom. The van der Waals surface area contributed by atoms with Gasteiger partial charge in [0.25, 0.3) is 5.56 Å². The molecule has 1 N–H and O–H groups in total. The quantitative estimate of drug-likeness (QED) is 0.542. The Kier molecular flexibility index (Phi) is 1.03. The van der Waals surface area contributed by atoms with Gasteiger partial charge in [0, 0.05) is 24.7 Å². The van der Waals surface area contributed by atoms with Crippen LogP contribution in [-0.4, -0.2) is 11.2 Å². The van der Waals surface area contributed by atoms with E-state index >= 15 is 0 Å². The van der Waals surface area contributed by atoms with Crippen molar-refractivity contribution in [2.24, 2.45) is 0 Å². The van der Waals surface area contributed by atoms with Crippen LogP contribution in [-0.2, 0) is 6.42 Å². The molecule has 0 saturated heterocycles. The third-order valence-electron chi connectivity index (χ3n) is 1.69. The predicted molar refractivity (Wildman–Crippen MR) is 38.6 cm³/mol. The molecule has 0 fully saturated rings. The van der Waals surface area contributed by atoms with Crippen LogP contribution in [0.1, 0.15) is 5.69 Å². The number of hydrogen-bond donors (Lipinski definition) is 1.